The van der Waals surface area contributed by atoms with Crippen molar-refractivity contribution in [1.29, 1.82) is 0 Å². The first-order chi connectivity index (χ1) is 14.1. The maximum Gasteiger partial charge on any atom is 0.257 e. The normalized spacial score (nSPS) is 21.1. The highest BCUT2D eigenvalue weighted by Crippen LogP contribution is 2.37. The van der Waals surface area contributed by atoms with Gasteiger partial charge in [-0.1, -0.05) is 72.8 Å². The van der Waals surface area contributed by atoms with Crippen molar-refractivity contribution in [2.75, 3.05) is 4.90 Å². The van der Waals surface area contributed by atoms with Crippen LogP contribution in [0.5, 0.6) is 0 Å². The fourth-order valence-electron chi connectivity index (χ4n) is 3.74. The molecule has 4 heteroatoms. The highest BCUT2D eigenvalue weighted by atomic mass is 16.2. The SMILES string of the molecule is C[C@]1(NC(=O)c2ccccc2)C(=O)N(c2ccccc2)C=C[C@@H]1c1ccccc1. The van der Waals surface area contributed by atoms with E-state index in [0.717, 1.165) is 11.3 Å². The van der Waals surface area contributed by atoms with Gasteiger partial charge >= 0.3 is 0 Å². The predicted molar refractivity (Wildman–Crippen MR) is 115 cm³/mol. The number of benzene rings is 3. The molecule has 0 bridgehead atoms. The van der Waals surface area contributed by atoms with E-state index in [4.69, 9.17) is 0 Å². The second-order valence-electron chi connectivity index (χ2n) is 7.26. The van der Waals surface area contributed by atoms with E-state index in [2.05, 4.69) is 5.32 Å². The topological polar surface area (TPSA) is 49.4 Å². The largest absolute Gasteiger partial charge is 0.337 e. The van der Waals surface area contributed by atoms with Crippen molar-refractivity contribution >= 4 is 17.5 Å². The molecule has 0 aromatic heterocycles. The molecule has 0 aliphatic carbocycles. The van der Waals surface area contributed by atoms with Crippen molar-refractivity contribution in [1.82, 2.24) is 5.32 Å². The summed E-state index contributed by atoms with van der Waals surface area (Å²) in [5, 5.41) is 3.03. The Bertz CT molecular complexity index is 1030. The number of rotatable bonds is 4. The quantitative estimate of drug-likeness (QED) is 0.721. The molecular weight excluding hydrogens is 360 g/mol. The second-order valence-corrected chi connectivity index (χ2v) is 7.26. The maximum atomic E-state index is 13.7. The summed E-state index contributed by atoms with van der Waals surface area (Å²) < 4.78 is 0. The first-order valence-corrected chi connectivity index (χ1v) is 9.59. The molecule has 29 heavy (non-hydrogen) atoms. The summed E-state index contributed by atoms with van der Waals surface area (Å²) in [6.07, 6.45) is 3.78. The minimum Gasteiger partial charge on any atom is -0.337 e. The zero-order chi connectivity index (χ0) is 20.3. The van der Waals surface area contributed by atoms with Gasteiger partial charge < -0.3 is 5.32 Å². The number of hydrogen-bond acceptors (Lipinski definition) is 2. The van der Waals surface area contributed by atoms with E-state index in [9.17, 15) is 9.59 Å². The molecule has 1 aliphatic heterocycles. The van der Waals surface area contributed by atoms with Crippen LogP contribution in [0, 0.1) is 0 Å². The molecule has 4 nitrogen and oxygen atoms in total. The Morgan fingerprint density at radius 3 is 2.03 bits per heavy atom. The number of nitrogens with zero attached hydrogens (tertiary/aromatic N) is 1. The number of para-hydroxylation sites is 1. The molecule has 3 aromatic carbocycles. The Labute approximate surface area is 170 Å². The lowest BCUT2D eigenvalue weighted by Crippen LogP contribution is -2.61. The second kappa shape index (κ2) is 7.76. The standard InChI is InChI=1S/C25H22N2O2/c1-25(26-23(28)20-13-7-3-8-14-20)22(19-11-5-2-6-12-19)17-18-27(24(25)29)21-15-9-4-10-16-21/h2-18,22H,1H3,(H,26,28)/t22-,25-/m1/s1. The van der Waals surface area contributed by atoms with Gasteiger partial charge in [-0.2, -0.15) is 0 Å². The van der Waals surface area contributed by atoms with Crippen LogP contribution in [0.1, 0.15) is 28.8 Å². The molecule has 2 atom stereocenters. The summed E-state index contributed by atoms with van der Waals surface area (Å²) in [6, 6.07) is 28.2. The fourth-order valence-corrected chi connectivity index (χ4v) is 3.74. The van der Waals surface area contributed by atoms with Crippen molar-refractivity contribution in [3.05, 3.63) is 114 Å². The monoisotopic (exact) mass is 382 g/mol. The highest BCUT2D eigenvalue weighted by molar-refractivity contribution is 6.07. The fraction of sp³-hybridized carbons (Fsp3) is 0.120. The van der Waals surface area contributed by atoms with Crippen LogP contribution in [0.3, 0.4) is 0 Å². The summed E-state index contributed by atoms with van der Waals surface area (Å²) in [5.74, 6) is -0.737. The number of carbonyl (C=O) groups excluding carboxylic acids is 2. The van der Waals surface area contributed by atoms with Crippen molar-refractivity contribution in [2.24, 2.45) is 0 Å². The van der Waals surface area contributed by atoms with Crippen molar-refractivity contribution in [2.45, 2.75) is 18.4 Å². The lowest BCUT2D eigenvalue weighted by molar-refractivity contribution is -0.124. The highest BCUT2D eigenvalue weighted by Gasteiger charge is 2.47. The van der Waals surface area contributed by atoms with Gasteiger partial charge in [0, 0.05) is 23.4 Å². The van der Waals surface area contributed by atoms with Gasteiger partial charge in [-0.3, -0.25) is 14.5 Å². The van der Waals surface area contributed by atoms with E-state index in [-0.39, 0.29) is 17.7 Å². The van der Waals surface area contributed by atoms with Crippen LogP contribution in [-0.2, 0) is 4.79 Å². The Morgan fingerprint density at radius 2 is 1.41 bits per heavy atom. The third-order valence-electron chi connectivity index (χ3n) is 5.31. The summed E-state index contributed by atoms with van der Waals surface area (Å²) in [6.45, 7) is 1.80. The molecule has 0 saturated carbocycles. The Morgan fingerprint density at radius 1 is 0.862 bits per heavy atom. The van der Waals surface area contributed by atoms with Gasteiger partial charge in [0.25, 0.3) is 11.8 Å². The molecular formula is C25H22N2O2. The number of nitrogens with one attached hydrogen (secondary N) is 1. The summed E-state index contributed by atoms with van der Waals surface area (Å²) in [4.78, 5) is 28.2. The van der Waals surface area contributed by atoms with E-state index >= 15 is 0 Å². The van der Waals surface area contributed by atoms with Crippen LogP contribution in [0.25, 0.3) is 0 Å². The average Bonchev–Trinajstić information content (AvgIpc) is 2.77. The van der Waals surface area contributed by atoms with Crippen LogP contribution in [-0.4, -0.2) is 17.4 Å². The first kappa shape index (κ1) is 18.7. The molecule has 1 aliphatic rings. The lowest BCUT2D eigenvalue weighted by atomic mass is 9.77. The smallest absolute Gasteiger partial charge is 0.257 e. The van der Waals surface area contributed by atoms with E-state index in [1.54, 1.807) is 30.2 Å². The van der Waals surface area contributed by atoms with Crippen LogP contribution in [0.15, 0.2) is 103 Å². The van der Waals surface area contributed by atoms with Gasteiger partial charge in [0.15, 0.2) is 0 Å². The third kappa shape index (κ3) is 3.57. The van der Waals surface area contributed by atoms with Gasteiger partial charge in [-0.05, 0) is 36.8 Å². The zero-order valence-electron chi connectivity index (χ0n) is 16.2. The van der Waals surface area contributed by atoms with Crippen molar-refractivity contribution in [3.63, 3.8) is 0 Å². The third-order valence-corrected chi connectivity index (χ3v) is 5.31. The maximum absolute atomic E-state index is 13.7. The minimum absolute atomic E-state index is 0.177. The molecule has 1 N–H and O–H groups in total. The van der Waals surface area contributed by atoms with Crippen LogP contribution >= 0.6 is 0 Å². The average molecular weight is 382 g/mol. The molecule has 4 rings (SSSR count). The van der Waals surface area contributed by atoms with E-state index < -0.39 is 5.54 Å². The first-order valence-electron chi connectivity index (χ1n) is 9.59. The Balaban J connectivity index is 1.76. The molecule has 0 saturated heterocycles. The summed E-state index contributed by atoms with van der Waals surface area (Å²) >= 11 is 0. The lowest BCUT2D eigenvalue weighted by Gasteiger charge is -2.42. The van der Waals surface area contributed by atoms with Crippen LogP contribution in [0.2, 0.25) is 0 Å². The van der Waals surface area contributed by atoms with Crippen LogP contribution in [0.4, 0.5) is 5.69 Å². The van der Waals surface area contributed by atoms with E-state index in [1.165, 1.54) is 0 Å². The summed E-state index contributed by atoms with van der Waals surface area (Å²) in [7, 11) is 0. The number of amides is 2. The van der Waals surface area contributed by atoms with Crippen molar-refractivity contribution in [3.8, 4) is 0 Å². The predicted octanol–water partition coefficient (Wildman–Crippen LogP) is 4.52. The van der Waals surface area contributed by atoms with E-state index in [0.29, 0.717) is 5.56 Å². The molecule has 0 unspecified atom stereocenters. The molecule has 0 radical (unpaired) electrons. The molecule has 0 spiro atoms. The minimum atomic E-state index is -1.14. The number of hydrogen-bond donors (Lipinski definition) is 1. The Kier molecular flexibility index (Phi) is 5.00. The molecule has 3 aromatic rings. The number of anilines is 1. The van der Waals surface area contributed by atoms with Gasteiger partial charge in [0.2, 0.25) is 0 Å². The van der Waals surface area contributed by atoms with Gasteiger partial charge in [-0.25, -0.2) is 0 Å². The summed E-state index contributed by atoms with van der Waals surface area (Å²) in [5.41, 5.74) is 1.12. The molecule has 0 fully saturated rings. The number of carbonyl (C=O) groups is 2. The van der Waals surface area contributed by atoms with Crippen molar-refractivity contribution < 1.29 is 9.59 Å². The zero-order valence-corrected chi connectivity index (χ0v) is 16.2. The van der Waals surface area contributed by atoms with Crippen LogP contribution < -0.4 is 10.2 Å². The van der Waals surface area contributed by atoms with Gasteiger partial charge in [-0.15, -0.1) is 0 Å². The molecule has 144 valence electrons. The Hall–Kier alpha value is -3.66. The molecule has 1 heterocycles. The van der Waals surface area contributed by atoms with Gasteiger partial charge in [0.1, 0.15) is 5.54 Å². The molecule has 2 amide bonds. The van der Waals surface area contributed by atoms with Gasteiger partial charge in [0.05, 0.1) is 0 Å². The van der Waals surface area contributed by atoms with E-state index in [1.807, 2.05) is 84.9 Å².